The van der Waals surface area contributed by atoms with Crippen molar-refractivity contribution >= 4 is 17.8 Å². The smallest absolute Gasteiger partial charge is 0.319 e. The van der Waals surface area contributed by atoms with Gasteiger partial charge >= 0.3 is 6.03 Å². The Morgan fingerprint density at radius 3 is 2.38 bits per heavy atom. The molecule has 3 rings (SSSR count). The van der Waals surface area contributed by atoms with Crippen LogP contribution in [0.3, 0.4) is 0 Å². The van der Waals surface area contributed by atoms with Crippen LogP contribution in [0.1, 0.15) is 38.7 Å². The molecule has 1 N–H and O–H groups in total. The van der Waals surface area contributed by atoms with Crippen molar-refractivity contribution in [2.75, 3.05) is 32.7 Å². The molecule has 2 aliphatic heterocycles. The van der Waals surface area contributed by atoms with E-state index in [9.17, 15) is 14.4 Å². The summed E-state index contributed by atoms with van der Waals surface area (Å²) in [6.07, 6.45) is 1.79. The zero-order valence-electron chi connectivity index (χ0n) is 17.5. The second-order valence-electron chi connectivity index (χ2n) is 7.89. The van der Waals surface area contributed by atoms with Crippen molar-refractivity contribution in [3.63, 3.8) is 0 Å². The number of urea groups is 1. The Morgan fingerprint density at radius 2 is 1.76 bits per heavy atom. The molecule has 0 aliphatic carbocycles. The summed E-state index contributed by atoms with van der Waals surface area (Å²) < 4.78 is 0. The molecule has 7 nitrogen and oxygen atoms in total. The van der Waals surface area contributed by atoms with Crippen molar-refractivity contribution in [3.8, 4) is 0 Å². The molecule has 0 aromatic heterocycles. The lowest BCUT2D eigenvalue weighted by molar-refractivity contribution is -0.129. The zero-order valence-corrected chi connectivity index (χ0v) is 17.5. The number of benzene rings is 1. The second-order valence-corrected chi connectivity index (χ2v) is 7.89. The minimum Gasteiger partial charge on any atom is -0.353 e. The summed E-state index contributed by atoms with van der Waals surface area (Å²) in [6.45, 7) is 7.72. The normalized spacial score (nSPS) is 20.1. The highest BCUT2D eigenvalue weighted by Gasteiger charge is 2.35. The van der Waals surface area contributed by atoms with Crippen LogP contribution >= 0.6 is 0 Å². The van der Waals surface area contributed by atoms with Crippen molar-refractivity contribution in [3.05, 3.63) is 35.9 Å². The third kappa shape index (κ3) is 5.28. The summed E-state index contributed by atoms with van der Waals surface area (Å²) >= 11 is 0. The Hall–Kier alpha value is -2.57. The van der Waals surface area contributed by atoms with Crippen LogP contribution < -0.4 is 5.32 Å². The summed E-state index contributed by atoms with van der Waals surface area (Å²) in [7, 11) is 0. The number of hydrogen-bond acceptors (Lipinski definition) is 3. The first-order valence-corrected chi connectivity index (χ1v) is 10.7. The number of piperidine rings is 1. The number of hydrogen-bond donors (Lipinski definition) is 1. The second kappa shape index (κ2) is 9.76. The maximum Gasteiger partial charge on any atom is 0.319 e. The van der Waals surface area contributed by atoms with Crippen LogP contribution in [-0.4, -0.2) is 71.3 Å². The van der Waals surface area contributed by atoms with Crippen molar-refractivity contribution in [2.45, 2.75) is 45.7 Å². The van der Waals surface area contributed by atoms with Gasteiger partial charge in [-0.05, 0) is 32.3 Å². The van der Waals surface area contributed by atoms with E-state index in [2.05, 4.69) is 5.32 Å². The molecule has 1 aromatic carbocycles. The van der Waals surface area contributed by atoms with Gasteiger partial charge in [0.15, 0.2) is 0 Å². The molecule has 0 bridgehead atoms. The van der Waals surface area contributed by atoms with Gasteiger partial charge in [0.05, 0.1) is 5.92 Å². The number of rotatable bonds is 6. The molecule has 7 heteroatoms. The predicted molar refractivity (Wildman–Crippen MR) is 111 cm³/mol. The molecule has 1 aromatic rings. The van der Waals surface area contributed by atoms with Gasteiger partial charge in [0, 0.05) is 51.7 Å². The number of amides is 4. The fourth-order valence-corrected chi connectivity index (χ4v) is 4.13. The fraction of sp³-hybridized carbons (Fsp3) is 0.591. The maximum atomic E-state index is 12.7. The molecule has 0 spiro atoms. The average molecular weight is 401 g/mol. The monoisotopic (exact) mass is 400 g/mol. The standard InChI is InChI=1S/C22H32N4O3/c1-3-24(4-2)22(29)25-12-10-19(11-13-25)23-21(28)18-14-20(27)26(16-18)15-17-8-6-5-7-9-17/h5-9,18-19H,3-4,10-16H2,1-2H3,(H,23,28). The molecule has 1 unspecified atom stereocenters. The van der Waals surface area contributed by atoms with Gasteiger partial charge in [-0.3, -0.25) is 9.59 Å². The Labute approximate surface area is 173 Å². The minimum absolute atomic E-state index is 0.0358. The lowest BCUT2D eigenvalue weighted by Gasteiger charge is -2.35. The van der Waals surface area contributed by atoms with Crippen LogP contribution in [0.25, 0.3) is 0 Å². The fourth-order valence-electron chi connectivity index (χ4n) is 4.13. The predicted octanol–water partition coefficient (Wildman–Crippen LogP) is 2.08. The van der Waals surface area contributed by atoms with Gasteiger partial charge in [0.25, 0.3) is 0 Å². The maximum absolute atomic E-state index is 12.7. The van der Waals surface area contributed by atoms with Crippen molar-refractivity contribution in [1.82, 2.24) is 20.0 Å². The van der Waals surface area contributed by atoms with E-state index < -0.39 is 0 Å². The highest BCUT2D eigenvalue weighted by atomic mass is 16.2. The lowest BCUT2D eigenvalue weighted by atomic mass is 10.0. The molecular formula is C22H32N4O3. The number of carbonyl (C=O) groups is 3. The van der Waals surface area contributed by atoms with E-state index in [4.69, 9.17) is 0 Å². The van der Waals surface area contributed by atoms with Crippen LogP contribution in [0.4, 0.5) is 4.79 Å². The third-order valence-corrected chi connectivity index (χ3v) is 5.95. The van der Waals surface area contributed by atoms with Gasteiger partial charge in [-0.25, -0.2) is 4.79 Å². The Morgan fingerprint density at radius 1 is 1.10 bits per heavy atom. The summed E-state index contributed by atoms with van der Waals surface area (Å²) in [5, 5.41) is 3.11. The van der Waals surface area contributed by atoms with E-state index in [1.807, 2.05) is 54.0 Å². The van der Waals surface area contributed by atoms with Crippen LogP contribution in [-0.2, 0) is 16.1 Å². The Kier molecular flexibility index (Phi) is 7.12. The SMILES string of the molecule is CCN(CC)C(=O)N1CCC(NC(=O)C2CC(=O)N(Cc3ccccc3)C2)CC1. The molecule has 1 atom stereocenters. The lowest BCUT2D eigenvalue weighted by Crippen LogP contribution is -2.51. The zero-order chi connectivity index (χ0) is 20.8. The third-order valence-electron chi connectivity index (χ3n) is 5.95. The molecule has 2 saturated heterocycles. The first-order valence-electron chi connectivity index (χ1n) is 10.7. The molecule has 2 heterocycles. The first-order chi connectivity index (χ1) is 14.0. The molecular weight excluding hydrogens is 368 g/mol. The van der Waals surface area contributed by atoms with Gasteiger partial charge in [0.1, 0.15) is 0 Å². The van der Waals surface area contributed by atoms with E-state index in [1.54, 1.807) is 4.90 Å². The molecule has 2 fully saturated rings. The van der Waals surface area contributed by atoms with Gasteiger partial charge in [-0.2, -0.15) is 0 Å². The minimum atomic E-state index is -0.290. The highest BCUT2D eigenvalue weighted by molar-refractivity contribution is 5.89. The Bertz CT molecular complexity index is 712. The summed E-state index contributed by atoms with van der Waals surface area (Å²) in [4.78, 5) is 42.9. The largest absolute Gasteiger partial charge is 0.353 e. The van der Waals surface area contributed by atoms with Crippen LogP contribution in [0.2, 0.25) is 0 Å². The Balaban J connectivity index is 1.45. The van der Waals surface area contributed by atoms with Crippen LogP contribution in [0.5, 0.6) is 0 Å². The quantitative estimate of drug-likeness (QED) is 0.795. The number of nitrogens with one attached hydrogen (secondary N) is 1. The van der Waals surface area contributed by atoms with Crippen molar-refractivity contribution < 1.29 is 14.4 Å². The van der Waals surface area contributed by atoms with E-state index in [0.29, 0.717) is 39.3 Å². The van der Waals surface area contributed by atoms with E-state index in [-0.39, 0.29) is 36.2 Å². The molecule has 0 saturated carbocycles. The van der Waals surface area contributed by atoms with Crippen LogP contribution in [0.15, 0.2) is 30.3 Å². The van der Waals surface area contributed by atoms with Gasteiger partial charge in [-0.15, -0.1) is 0 Å². The van der Waals surface area contributed by atoms with E-state index in [1.165, 1.54) is 0 Å². The first kappa shape index (κ1) is 21.1. The van der Waals surface area contributed by atoms with Crippen LogP contribution in [0, 0.1) is 5.92 Å². The summed E-state index contributed by atoms with van der Waals surface area (Å²) in [6, 6.07) is 10.0. The average Bonchev–Trinajstić information content (AvgIpc) is 3.10. The molecule has 158 valence electrons. The van der Waals surface area contributed by atoms with E-state index >= 15 is 0 Å². The summed E-state index contributed by atoms with van der Waals surface area (Å²) in [5.41, 5.74) is 1.08. The van der Waals surface area contributed by atoms with Gasteiger partial charge in [0.2, 0.25) is 11.8 Å². The van der Waals surface area contributed by atoms with Crippen molar-refractivity contribution in [1.29, 1.82) is 0 Å². The number of carbonyl (C=O) groups excluding carboxylic acids is 3. The summed E-state index contributed by atoms with van der Waals surface area (Å²) in [5.74, 6) is -0.294. The highest BCUT2D eigenvalue weighted by Crippen LogP contribution is 2.21. The molecule has 0 radical (unpaired) electrons. The van der Waals surface area contributed by atoms with E-state index in [0.717, 1.165) is 18.4 Å². The topological polar surface area (TPSA) is 73.0 Å². The number of likely N-dealkylation sites (tertiary alicyclic amines) is 2. The molecule has 29 heavy (non-hydrogen) atoms. The van der Waals surface area contributed by atoms with Gasteiger partial charge < -0.3 is 20.0 Å². The number of nitrogens with zero attached hydrogens (tertiary/aromatic N) is 3. The molecule has 2 aliphatic rings. The van der Waals surface area contributed by atoms with Gasteiger partial charge in [-0.1, -0.05) is 30.3 Å². The van der Waals surface area contributed by atoms with Crippen molar-refractivity contribution in [2.24, 2.45) is 5.92 Å². The molecule has 4 amide bonds.